The third-order valence-corrected chi connectivity index (χ3v) is 6.06. The van der Waals surface area contributed by atoms with Crippen molar-refractivity contribution in [3.8, 4) is 0 Å². The minimum Gasteiger partial charge on any atom is -0.475 e. The number of aliphatic carboxylic acids is 1. The third kappa shape index (κ3) is 6.96. The molecule has 0 bridgehead atoms. The van der Waals surface area contributed by atoms with Crippen LogP contribution in [0.1, 0.15) is 48.6 Å². The lowest BCUT2D eigenvalue weighted by Gasteiger charge is -2.31. The van der Waals surface area contributed by atoms with E-state index in [2.05, 4.69) is 31.3 Å². The summed E-state index contributed by atoms with van der Waals surface area (Å²) in [5, 5.41) is 18.2. The number of urea groups is 1. The molecule has 0 saturated carbocycles. The standard InChI is InChI=1S/C20H31N7O.C2HF3O2/c1-14-9-16(3)27(24-14)11-15(2)23-20(28)25-8-6-19-18(12-25)22-13-26(19)17-5-4-7-21-10-17;3-2(4,5)1(6)7/h9,13,15,17,21H,4-8,10-12H2,1-3H3,(H,23,28);(H,6,7). The van der Waals surface area contributed by atoms with Gasteiger partial charge in [-0.2, -0.15) is 18.3 Å². The predicted molar refractivity (Wildman–Crippen MR) is 121 cm³/mol. The number of carboxylic acid groups (broad SMARTS) is 1. The maximum atomic E-state index is 12.7. The fourth-order valence-corrected chi connectivity index (χ4v) is 4.36. The first-order valence-electron chi connectivity index (χ1n) is 11.6. The van der Waals surface area contributed by atoms with Crippen LogP contribution in [0.15, 0.2) is 12.4 Å². The number of fused-ring (bicyclic) bond motifs is 1. The Bertz CT molecular complexity index is 1030. The molecule has 194 valence electrons. The first kappa shape index (κ1) is 26.5. The lowest BCUT2D eigenvalue weighted by atomic mass is 10.1. The van der Waals surface area contributed by atoms with Crippen LogP contribution in [0, 0.1) is 13.8 Å². The maximum absolute atomic E-state index is 12.7. The van der Waals surface area contributed by atoms with Crippen LogP contribution in [0.25, 0.3) is 0 Å². The average molecular weight is 500 g/mol. The number of carbonyl (C=O) groups excluding carboxylic acids is 1. The third-order valence-electron chi connectivity index (χ3n) is 6.06. The maximum Gasteiger partial charge on any atom is 0.490 e. The van der Waals surface area contributed by atoms with Crippen LogP contribution in [0.4, 0.5) is 18.0 Å². The van der Waals surface area contributed by atoms with Crippen molar-refractivity contribution in [1.29, 1.82) is 0 Å². The molecule has 2 atom stereocenters. The van der Waals surface area contributed by atoms with Crippen molar-refractivity contribution in [2.45, 2.75) is 71.4 Å². The molecule has 2 aliphatic rings. The average Bonchev–Trinajstić information content (AvgIpc) is 3.35. The van der Waals surface area contributed by atoms with Crippen LogP contribution in [-0.4, -0.2) is 73.2 Å². The van der Waals surface area contributed by atoms with Crippen LogP contribution < -0.4 is 10.6 Å². The first-order chi connectivity index (χ1) is 16.5. The van der Waals surface area contributed by atoms with Crippen molar-refractivity contribution in [3.05, 3.63) is 35.2 Å². The molecule has 1 fully saturated rings. The normalized spacial score (nSPS) is 18.8. The number of hydrogen-bond acceptors (Lipinski definition) is 5. The summed E-state index contributed by atoms with van der Waals surface area (Å²) >= 11 is 0. The molecule has 3 N–H and O–H groups in total. The minimum absolute atomic E-state index is 0.0118. The second-order valence-electron chi connectivity index (χ2n) is 8.98. The summed E-state index contributed by atoms with van der Waals surface area (Å²) in [6, 6.07) is 2.54. The van der Waals surface area contributed by atoms with E-state index in [1.165, 1.54) is 18.5 Å². The van der Waals surface area contributed by atoms with Crippen molar-refractivity contribution >= 4 is 12.0 Å². The zero-order valence-corrected chi connectivity index (χ0v) is 20.1. The molecule has 4 heterocycles. The number of carboxylic acids is 1. The van der Waals surface area contributed by atoms with Gasteiger partial charge in [-0.15, -0.1) is 0 Å². The summed E-state index contributed by atoms with van der Waals surface area (Å²) in [5.74, 6) is -2.76. The highest BCUT2D eigenvalue weighted by molar-refractivity contribution is 5.74. The number of hydrogen-bond donors (Lipinski definition) is 3. The molecule has 2 aliphatic heterocycles. The topological polar surface area (TPSA) is 117 Å². The number of aryl methyl sites for hydroxylation is 2. The highest BCUT2D eigenvalue weighted by Crippen LogP contribution is 2.24. The Hall–Kier alpha value is -3.09. The van der Waals surface area contributed by atoms with Crippen LogP contribution in [0.2, 0.25) is 0 Å². The molecule has 0 spiro atoms. The summed E-state index contributed by atoms with van der Waals surface area (Å²) in [4.78, 5) is 28.1. The van der Waals surface area contributed by atoms with Gasteiger partial charge < -0.3 is 25.2 Å². The van der Waals surface area contributed by atoms with Gasteiger partial charge in [0.05, 0.1) is 30.8 Å². The van der Waals surface area contributed by atoms with Crippen LogP contribution >= 0.6 is 0 Å². The van der Waals surface area contributed by atoms with E-state index in [-0.39, 0.29) is 12.1 Å². The van der Waals surface area contributed by atoms with Gasteiger partial charge in [0.25, 0.3) is 0 Å². The van der Waals surface area contributed by atoms with Crippen molar-refractivity contribution in [2.24, 2.45) is 0 Å². The Morgan fingerprint density at radius 2 is 2.06 bits per heavy atom. The van der Waals surface area contributed by atoms with Crippen molar-refractivity contribution < 1.29 is 27.9 Å². The van der Waals surface area contributed by atoms with Crippen molar-refractivity contribution in [3.63, 3.8) is 0 Å². The molecule has 0 radical (unpaired) electrons. The van der Waals surface area contributed by atoms with Gasteiger partial charge in [0.15, 0.2) is 0 Å². The zero-order chi connectivity index (χ0) is 25.8. The number of aromatic nitrogens is 4. The lowest BCUT2D eigenvalue weighted by molar-refractivity contribution is -0.192. The summed E-state index contributed by atoms with van der Waals surface area (Å²) in [6.07, 6.45) is 0.156. The number of nitrogens with zero attached hydrogens (tertiary/aromatic N) is 5. The van der Waals surface area contributed by atoms with Crippen LogP contribution in [0.3, 0.4) is 0 Å². The van der Waals surface area contributed by atoms with E-state index >= 15 is 0 Å². The van der Waals surface area contributed by atoms with Crippen LogP contribution in [-0.2, 0) is 24.3 Å². The molecule has 0 aromatic carbocycles. The predicted octanol–water partition coefficient (Wildman–Crippen LogP) is 2.41. The van der Waals surface area contributed by atoms with Gasteiger partial charge in [-0.25, -0.2) is 14.6 Å². The number of imidazole rings is 1. The molecule has 2 aromatic rings. The number of amides is 2. The minimum atomic E-state index is -5.08. The second-order valence-corrected chi connectivity index (χ2v) is 8.98. The largest absolute Gasteiger partial charge is 0.490 e. The van der Waals surface area contributed by atoms with E-state index in [0.717, 1.165) is 43.1 Å². The highest BCUT2D eigenvalue weighted by Gasteiger charge is 2.38. The molecule has 13 heteroatoms. The molecule has 35 heavy (non-hydrogen) atoms. The van der Waals surface area contributed by atoms with Gasteiger partial charge >= 0.3 is 18.2 Å². The van der Waals surface area contributed by atoms with Gasteiger partial charge in [0.2, 0.25) is 0 Å². The van der Waals surface area contributed by atoms with E-state index in [1.54, 1.807) is 0 Å². The van der Waals surface area contributed by atoms with Crippen molar-refractivity contribution in [2.75, 3.05) is 19.6 Å². The number of halogens is 3. The number of alkyl halides is 3. The monoisotopic (exact) mass is 499 g/mol. The fraction of sp³-hybridized carbons (Fsp3) is 0.636. The molecular formula is C22H32F3N7O3. The van der Waals surface area contributed by atoms with E-state index < -0.39 is 12.1 Å². The SMILES string of the molecule is Cc1cc(C)n(CC(C)NC(=O)N2CCc3c(ncn3C3CCCNC3)C2)n1.O=C(O)C(F)(F)F. The lowest BCUT2D eigenvalue weighted by Crippen LogP contribution is -2.47. The Labute approximate surface area is 201 Å². The number of rotatable bonds is 4. The van der Waals surface area contributed by atoms with Gasteiger partial charge in [0, 0.05) is 43.0 Å². The first-order valence-corrected chi connectivity index (χ1v) is 11.6. The highest BCUT2D eigenvalue weighted by atomic mass is 19.4. The number of piperidine rings is 1. The number of nitrogens with one attached hydrogen (secondary N) is 2. The van der Waals surface area contributed by atoms with Gasteiger partial charge in [-0.05, 0) is 46.2 Å². The van der Waals surface area contributed by atoms with Crippen molar-refractivity contribution in [1.82, 2.24) is 34.9 Å². The quantitative estimate of drug-likeness (QED) is 0.595. The number of carbonyl (C=O) groups is 2. The molecule has 1 saturated heterocycles. The van der Waals surface area contributed by atoms with E-state index in [9.17, 15) is 18.0 Å². The Kier molecular flexibility index (Phi) is 8.41. The molecule has 2 amide bonds. The molecule has 4 rings (SSSR count). The Balaban J connectivity index is 0.000000429. The fourth-order valence-electron chi connectivity index (χ4n) is 4.36. The summed E-state index contributed by atoms with van der Waals surface area (Å²) in [6.45, 7) is 10.2. The molecular weight excluding hydrogens is 467 g/mol. The van der Waals surface area contributed by atoms with E-state index in [1.807, 2.05) is 36.7 Å². The second kappa shape index (κ2) is 11.1. The molecule has 0 aliphatic carbocycles. The van der Waals surface area contributed by atoms with Gasteiger partial charge in [-0.3, -0.25) is 4.68 Å². The van der Waals surface area contributed by atoms with Gasteiger partial charge in [-0.1, -0.05) is 0 Å². The summed E-state index contributed by atoms with van der Waals surface area (Å²) in [7, 11) is 0. The Morgan fingerprint density at radius 1 is 1.34 bits per heavy atom. The smallest absolute Gasteiger partial charge is 0.475 e. The molecule has 10 nitrogen and oxygen atoms in total. The van der Waals surface area contributed by atoms with Gasteiger partial charge in [0.1, 0.15) is 0 Å². The van der Waals surface area contributed by atoms with E-state index in [0.29, 0.717) is 19.1 Å². The Morgan fingerprint density at radius 3 is 2.63 bits per heavy atom. The summed E-state index contributed by atoms with van der Waals surface area (Å²) < 4.78 is 36.0. The van der Waals surface area contributed by atoms with E-state index in [4.69, 9.17) is 9.90 Å². The summed E-state index contributed by atoms with van der Waals surface area (Å²) in [5.41, 5.74) is 4.46. The van der Waals surface area contributed by atoms with Crippen LogP contribution in [0.5, 0.6) is 0 Å². The zero-order valence-electron chi connectivity index (χ0n) is 20.1. The molecule has 2 aromatic heterocycles. The molecule has 2 unspecified atom stereocenters.